The molecule has 7 heteroatoms. The first kappa shape index (κ1) is 19.5. The average Bonchev–Trinajstić information content (AvgIpc) is 3.49. The van der Waals surface area contributed by atoms with Crippen LogP contribution in [0.5, 0.6) is 5.75 Å². The van der Waals surface area contributed by atoms with E-state index in [1.54, 1.807) is 13.4 Å². The number of nitrogens with zero attached hydrogens (tertiary/aromatic N) is 2. The van der Waals surface area contributed by atoms with Crippen LogP contribution < -0.4 is 15.0 Å². The highest BCUT2D eigenvalue weighted by Crippen LogP contribution is 2.25. The van der Waals surface area contributed by atoms with Crippen molar-refractivity contribution in [2.45, 2.75) is 6.04 Å². The molecule has 29 heavy (non-hydrogen) atoms. The van der Waals surface area contributed by atoms with Crippen LogP contribution in [0.1, 0.15) is 22.2 Å². The van der Waals surface area contributed by atoms with Gasteiger partial charge in [0.05, 0.1) is 19.4 Å². The number of ether oxygens (including phenoxy) is 1. The van der Waals surface area contributed by atoms with Crippen molar-refractivity contribution in [2.75, 3.05) is 44.7 Å². The highest BCUT2D eigenvalue weighted by molar-refractivity contribution is 7.08. The predicted octanol–water partition coefficient (Wildman–Crippen LogP) is 3.64. The topological polar surface area (TPSA) is 58.0 Å². The van der Waals surface area contributed by atoms with Gasteiger partial charge in [-0.1, -0.05) is 0 Å². The number of carbonyl (C=O) groups excluding carboxylic acids is 1. The zero-order valence-electron chi connectivity index (χ0n) is 16.4. The van der Waals surface area contributed by atoms with Gasteiger partial charge in [0, 0.05) is 49.4 Å². The van der Waals surface area contributed by atoms with Gasteiger partial charge in [0.25, 0.3) is 5.91 Å². The number of hydrogen-bond donors (Lipinski definition) is 1. The molecule has 4 rings (SSSR count). The SMILES string of the molecule is COc1ccc(N2CCN(C(CNC(=O)c3ccsc3)c3ccco3)CC2)cc1. The minimum absolute atomic E-state index is 0.0191. The molecule has 3 heterocycles. The summed E-state index contributed by atoms with van der Waals surface area (Å²) in [6, 6.07) is 13.9. The zero-order chi connectivity index (χ0) is 20.1. The van der Waals surface area contributed by atoms with Crippen LogP contribution in [0.25, 0.3) is 0 Å². The van der Waals surface area contributed by atoms with Crippen molar-refractivity contribution in [1.82, 2.24) is 10.2 Å². The molecule has 1 aliphatic heterocycles. The van der Waals surface area contributed by atoms with Gasteiger partial charge in [-0.05, 0) is 47.8 Å². The molecule has 0 aliphatic carbocycles. The lowest BCUT2D eigenvalue weighted by atomic mass is 10.1. The summed E-state index contributed by atoms with van der Waals surface area (Å²) in [7, 11) is 1.68. The number of anilines is 1. The zero-order valence-corrected chi connectivity index (χ0v) is 17.2. The standard InChI is InChI=1S/C22H25N3O3S/c1-27-19-6-4-18(5-7-19)24-9-11-25(12-10-24)20(21-3-2-13-28-21)15-23-22(26)17-8-14-29-16-17/h2-8,13-14,16,20H,9-12,15H2,1H3,(H,23,26). The quantitative estimate of drug-likeness (QED) is 0.643. The van der Waals surface area contributed by atoms with Crippen molar-refractivity contribution in [1.29, 1.82) is 0 Å². The van der Waals surface area contributed by atoms with E-state index < -0.39 is 0 Å². The van der Waals surface area contributed by atoms with E-state index in [1.807, 2.05) is 41.1 Å². The fraction of sp³-hybridized carbons (Fsp3) is 0.318. The normalized spacial score (nSPS) is 15.8. The van der Waals surface area contributed by atoms with Crippen LogP contribution in [-0.4, -0.2) is 50.6 Å². The third-order valence-corrected chi connectivity index (χ3v) is 5.99. The molecule has 152 valence electrons. The van der Waals surface area contributed by atoms with Gasteiger partial charge < -0.3 is 19.4 Å². The molecule has 1 unspecified atom stereocenters. The fourth-order valence-corrected chi connectivity index (χ4v) is 4.30. The fourth-order valence-electron chi connectivity index (χ4n) is 3.66. The second-order valence-corrected chi connectivity index (χ2v) is 7.75. The first-order valence-electron chi connectivity index (χ1n) is 9.71. The van der Waals surface area contributed by atoms with Crippen LogP contribution in [0.15, 0.2) is 63.9 Å². The number of carbonyl (C=O) groups is 1. The highest BCUT2D eigenvalue weighted by Gasteiger charge is 2.27. The van der Waals surface area contributed by atoms with Crippen molar-refractivity contribution in [3.63, 3.8) is 0 Å². The number of thiophene rings is 1. The second-order valence-electron chi connectivity index (χ2n) is 6.97. The molecule has 1 amide bonds. The van der Waals surface area contributed by atoms with Crippen LogP contribution in [0.4, 0.5) is 5.69 Å². The Morgan fingerprint density at radius 1 is 1.17 bits per heavy atom. The summed E-state index contributed by atoms with van der Waals surface area (Å²) in [5, 5.41) is 6.84. The molecule has 1 fully saturated rings. The van der Waals surface area contributed by atoms with Crippen molar-refractivity contribution in [3.8, 4) is 5.75 Å². The van der Waals surface area contributed by atoms with Gasteiger partial charge in [-0.3, -0.25) is 9.69 Å². The number of piperazine rings is 1. The van der Waals surface area contributed by atoms with E-state index in [0.29, 0.717) is 12.1 Å². The molecule has 0 spiro atoms. The molecule has 1 aromatic carbocycles. The van der Waals surface area contributed by atoms with Gasteiger partial charge in [0.15, 0.2) is 0 Å². The number of nitrogens with one attached hydrogen (secondary N) is 1. The van der Waals surface area contributed by atoms with Gasteiger partial charge in [0.1, 0.15) is 11.5 Å². The van der Waals surface area contributed by atoms with Crippen LogP contribution in [0, 0.1) is 0 Å². The van der Waals surface area contributed by atoms with Gasteiger partial charge in [-0.25, -0.2) is 0 Å². The minimum atomic E-state index is -0.0420. The van der Waals surface area contributed by atoms with E-state index in [1.165, 1.54) is 17.0 Å². The smallest absolute Gasteiger partial charge is 0.252 e. The Morgan fingerprint density at radius 3 is 2.59 bits per heavy atom. The predicted molar refractivity (Wildman–Crippen MR) is 115 cm³/mol. The second kappa shape index (κ2) is 9.15. The summed E-state index contributed by atoms with van der Waals surface area (Å²) in [5.41, 5.74) is 1.91. The monoisotopic (exact) mass is 411 g/mol. The maximum absolute atomic E-state index is 12.4. The molecule has 0 saturated carbocycles. The summed E-state index contributed by atoms with van der Waals surface area (Å²) in [6.07, 6.45) is 1.69. The van der Waals surface area contributed by atoms with Crippen LogP contribution in [0.3, 0.4) is 0 Å². The Kier molecular flexibility index (Phi) is 6.17. The van der Waals surface area contributed by atoms with Crippen molar-refractivity contribution in [3.05, 3.63) is 70.8 Å². The Labute approximate surface area is 174 Å². The molecule has 6 nitrogen and oxygen atoms in total. The third kappa shape index (κ3) is 4.63. The van der Waals surface area contributed by atoms with Gasteiger partial charge in [0.2, 0.25) is 0 Å². The van der Waals surface area contributed by atoms with E-state index in [0.717, 1.165) is 37.7 Å². The number of benzene rings is 1. The van der Waals surface area contributed by atoms with Crippen LogP contribution in [-0.2, 0) is 0 Å². The molecule has 1 N–H and O–H groups in total. The first-order valence-corrected chi connectivity index (χ1v) is 10.7. The van der Waals surface area contributed by atoms with Crippen LogP contribution >= 0.6 is 11.3 Å². The summed E-state index contributed by atoms with van der Waals surface area (Å²) < 4.78 is 10.9. The molecule has 3 aromatic rings. The Balaban J connectivity index is 1.39. The van der Waals surface area contributed by atoms with Gasteiger partial charge >= 0.3 is 0 Å². The maximum Gasteiger partial charge on any atom is 0.252 e. The van der Waals surface area contributed by atoms with E-state index >= 15 is 0 Å². The summed E-state index contributed by atoms with van der Waals surface area (Å²) in [6.45, 7) is 4.15. The number of hydrogen-bond acceptors (Lipinski definition) is 6. The summed E-state index contributed by atoms with van der Waals surface area (Å²) >= 11 is 1.53. The average molecular weight is 412 g/mol. The van der Waals surface area contributed by atoms with E-state index in [-0.39, 0.29) is 11.9 Å². The molecule has 1 saturated heterocycles. The Bertz CT molecular complexity index is 886. The van der Waals surface area contributed by atoms with E-state index in [4.69, 9.17) is 9.15 Å². The van der Waals surface area contributed by atoms with Gasteiger partial charge in [-0.15, -0.1) is 0 Å². The van der Waals surface area contributed by atoms with Gasteiger partial charge in [-0.2, -0.15) is 11.3 Å². The molecule has 1 aliphatic rings. The lowest BCUT2D eigenvalue weighted by Gasteiger charge is -2.39. The van der Waals surface area contributed by atoms with E-state index in [9.17, 15) is 4.79 Å². The summed E-state index contributed by atoms with van der Waals surface area (Å²) in [5.74, 6) is 1.71. The van der Waals surface area contributed by atoms with Crippen molar-refractivity contribution >= 4 is 22.9 Å². The Hall–Kier alpha value is -2.77. The molecular weight excluding hydrogens is 386 g/mol. The van der Waals surface area contributed by atoms with Crippen LogP contribution in [0.2, 0.25) is 0 Å². The number of furan rings is 1. The maximum atomic E-state index is 12.4. The third-order valence-electron chi connectivity index (χ3n) is 5.30. The molecule has 2 aromatic heterocycles. The number of methoxy groups -OCH3 is 1. The molecular formula is C22H25N3O3S. The number of amides is 1. The largest absolute Gasteiger partial charge is 0.497 e. The Morgan fingerprint density at radius 2 is 1.97 bits per heavy atom. The number of rotatable bonds is 7. The molecule has 1 atom stereocenters. The summed E-state index contributed by atoms with van der Waals surface area (Å²) in [4.78, 5) is 17.1. The van der Waals surface area contributed by atoms with Crippen molar-refractivity contribution < 1.29 is 13.9 Å². The lowest BCUT2D eigenvalue weighted by molar-refractivity contribution is 0.0923. The lowest BCUT2D eigenvalue weighted by Crippen LogP contribution is -2.49. The van der Waals surface area contributed by atoms with Crippen molar-refractivity contribution in [2.24, 2.45) is 0 Å². The van der Waals surface area contributed by atoms with E-state index in [2.05, 4.69) is 27.2 Å². The highest BCUT2D eigenvalue weighted by atomic mass is 32.1. The molecule has 0 bridgehead atoms. The minimum Gasteiger partial charge on any atom is -0.497 e. The first-order chi connectivity index (χ1) is 14.2. The molecule has 0 radical (unpaired) electrons.